The second kappa shape index (κ2) is 12.6. The summed E-state index contributed by atoms with van der Waals surface area (Å²) in [6.07, 6.45) is 1.62. The molecule has 0 unspecified atom stereocenters. The zero-order chi connectivity index (χ0) is 35.5. The summed E-state index contributed by atoms with van der Waals surface area (Å²) in [7, 11) is -0.452. The Morgan fingerprint density at radius 1 is 1.04 bits per heavy atom. The van der Waals surface area contributed by atoms with E-state index in [0.29, 0.717) is 36.0 Å². The maximum atomic E-state index is 13.9. The van der Waals surface area contributed by atoms with Crippen LogP contribution in [0.2, 0.25) is 6.32 Å². The first-order chi connectivity index (χ1) is 22.8. The van der Waals surface area contributed by atoms with Crippen LogP contribution in [0.1, 0.15) is 96.9 Å². The molecule has 3 aliphatic carbocycles. The number of amides is 1. The molecular weight excluding hydrogens is 633 g/mol. The van der Waals surface area contributed by atoms with Crippen LogP contribution in [-0.4, -0.2) is 92.8 Å². The van der Waals surface area contributed by atoms with Gasteiger partial charge in [-0.2, -0.15) is 5.21 Å². The van der Waals surface area contributed by atoms with Crippen LogP contribution in [-0.2, 0) is 36.4 Å². The van der Waals surface area contributed by atoms with E-state index in [0.717, 1.165) is 12.8 Å². The SMILES string of the molecule is CC(C)(C)OC(=O)Oc1c(CCB2O[C@@H]3C[C@@H]4C[C@@H](C4(C)C)[C@]3(C)O2)ccc(OC2CN(C(=O)Cc3nn[nH]n3)C2)c1C(=O)OC(C)(C)C. The summed E-state index contributed by atoms with van der Waals surface area (Å²) in [6, 6.07) is 3.44. The van der Waals surface area contributed by atoms with Crippen molar-refractivity contribution in [2.75, 3.05) is 13.1 Å². The normalized spacial score (nSPS) is 25.9. The second-order valence-corrected chi connectivity index (χ2v) is 16.5. The van der Waals surface area contributed by atoms with Crippen molar-refractivity contribution in [1.82, 2.24) is 25.5 Å². The van der Waals surface area contributed by atoms with Crippen molar-refractivity contribution >= 4 is 25.2 Å². The largest absolute Gasteiger partial charge is 0.514 e. The van der Waals surface area contributed by atoms with E-state index in [1.54, 1.807) is 58.6 Å². The maximum Gasteiger partial charge on any atom is 0.514 e. The molecule has 49 heavy (non-hydrogen) atoms. The number of hydrogen-bond acceptors (Lipinski definition) is 12. The highest BCUT2D eigenvalue weighted by Gasteiger charge is 2.67. The molecule has 1 aromatic heterocycles. The number of H-pyrrole nitrogens is 1. The maximum absolute atomic E-state index is 13.9. The highest BCUT2D eigenvalue weighted by atomic mass is 16.7. The van der Waals surface area contributed by atoms with Crippen molar-refractivity contribution in [3.63, 3.8) is 0 Å². The van der Waals surface area contributed by atoms with Crippen LogP contribution in [0.25, 0.3) is 0 Å². The Hall–Kier alpha value is -3.72. The van der Waals surface area contributed by atoms with Crippen LogP contribution in [0.15, 0.2) is 12.1 Å². The number of ether oxygens (including phenoxy) is 4. The van der Waals surface area contributed by atoms with Crippen LogP contribution >= 0.6 is 0 Å². The topological polar surface area (TPSA) is 164 Å². The summed E-state index contributed by atoms with van der Waals surface area (Å²) < 4.78 is 36.5. The molecular formula is C34H48BN5O9. The number of carbonyl (C=O) groups is 3. The fourth-order valence-electron chi connectivity index (χ4n) is 7.65. The number of esters is 1. The van der Waals surface area contributed by atoms with E-state index in [9.17, 15) is 14.4 Å². The summed E-state index contributed by atoms with van der Waals surface area (Å²) in [6.45, 7) is 17.8. The number of nitrogens with one attached hydrogen (secondary N) is 1. The molecule has 5 aliphatic rings. The van der Waals surface area contributed by atoms with Crippen LogP contribution in [0.3, 0.4) is 0 Å². The third-order valence-corrected chi connectivity index (χ3v) is 10.2. The Morgan fingerprint density at radius 3 is 2.39 bits per heavy atom. The first-order valence-electron chi connectivity index (χ1n) is 17.1. The van der Waals surface area contributed by atoms with Gasteiger partial charge in [0.1, 0.15) is 28.6 Å². The zero-order valence-electron chi connectivity index (χ0n) is 30.0. The first-order valence-corrected chi connectivity index (χ1v) is 17.1. The standard InChI is InChI=1S/C34H48BN5O9/c1-31(2,3)46-29(42)27-22(44-21-17-40(18-21)26(41)16-25-36-38-39-37-25)11-10-19(28(27)45-30(43)47-32(4,5)6)12-13-35-48-24-15-20-14-23(33(20,7)8)34(24,9)49-35/h10-11,20-21,23-24H,12-18H2,1-9H3,(H,36,37,38,39)/t20-,23-,24+,34-/m0/s1. The number of aromatic amines is 1. The number of rotatable bonds is 9. The van der Waals surface area contributed by atoms with Crippen molar-refractivity contribution in [1.29, 1.82) is 0 Å². The number of nitrogens with zero attached hydrogens (tertiary/aromatic N) is 4. The number of likely N-dealkylation sites (tertiary alicyclic amines) is 1. The number of carbonyl (C=O) groups excluding carboxylic acids is 3. The number of tetrazole rings is 1. The summed E-state index contributed by atoms with van der Waals surface area (Å²) in [5.74, 6) is 0.609. The molecule has 3 saturated carbocycles. The Balaban J connectivity index is 1.24. The number of benzene rings is 1. The first kappa shape index (κ1) is 35.1. The number of aromatic nitrogens is 4. The van der Waals surface area contributed by atoms with E-state index >= 15 is 0 Å². The van der Waals surface area contributed by atoms with Crippen LogP contribution in [0.4, 0.5) is 4.79 Å². The summed E-state index contributed by atoms with van der Waals surface area (Å²) in [5.41, 5.74) is -1.30. The van der Waals surface area contributed by atoms with Gasteiger partial charge in [-0.15, -0.1) is 10.2 Å². The molecule has 2 aliphatic heterocycles. The van der Waals surface area contributed by atoms with Gasteiger partial charge in [0.2, 0.25) is 5.91 Å². The van der Waals surface area contributed by atoms with E-state index in [-0.39, 0.29) is 59.6 Å². The third kappa shape index (κ3) is 7.28. The average molecular weight is 682 g/mol. The van der Waals surface area contributed by atoms with Gasteiger partial charge in [0.05, 0.1) is 31.2 Å². The predicted octanol–water partition coefficient (Wildman–Crippen LogP) is 4.57. The van der Waals surface area contributed by atoms with Crippen molar-refractivity contribution in [2.24, 2.45) is 17.3 Å². The molecule has 266 valence electrons. The molecule has 4 atom stereocenters. The minimum absolute atomic E-state index is 0.00225. The second-order valence-electron chi connectivity index (χ2n) is 16.5. The molecule has 1 amide bonds. The molecule has 3 heterocycles. The van der Waals surface area contributed by atoms with Gasteiger partial charge in [-0.05, 0) is 103 Å². The Kier molecular flexibility index (Phi) is 9.00. The lowest BCUT2D eigenvalue weighted by atomic mass is 9.43. The van der Waals surface area contributed by atoms with Gasteiger partial charge >= 0.3 is 19.2 Å². The van der Waals surface area contributed by atoms with Crippen molar-refractivity contribution in [3.8, 4) is 11.5 Å². The molecule has 5 fully saturated rings. The fraction of sp³-hybridized carbons (Fsp3) is 0.706. The smallest absolute Gasteiger partial charge is 0.486 e. The van der Waals surface area contributed by atoms with Gasteiger partial charge < -0.3 is 33.2 Å². The monoisotopic (exact) mass is 681 g/mol. The zero-order valence-corrected chi connectivity index (χ0v) is 30.0. The molecule has 2 bridgehead atoms. The van der Waals surface area contributed by atoms with E-state index in [1.807, 2.05) is 0 Å². The van der Waals surface area contributed by atoms with Crippen molar-refractivity contribution < 1.29 is 42.6 Å². The summed E-state index contributed by atoms with van der Waals surface area (Å²) in [4.78, 5) is 41.3. The lowest BCUT2D eigenvalue weighted by molar-refractivity contribution is -0.199. The van der Waals surface area contributed by atoms with Crippen LogP contribution in [0, 0.1) is 17.3 Å². The highest BCUT2D eigenvalue weighted by Crippen LogP contribution is 2.65. The Morgan fingerprint density at radius 2 is 1.76 bits per heavy atom. The molecule has 15 heteroatoms. The van der Waals surface area contributed by atoms with Gasteiger partial charge in [-0.3, -0.25) is 4.79 Å². The molecule has 2 saturated heterocycles. The van der Waals surface area contributed by atoms with E-state index < -0.39 is 36.5 Å². The molecule has 1 aromatic carbocycles. The molecule has 0 spiro atoms. The molecule has 2 aromatic rings. The highest BCUT2D eigenvalue weighted by molar-refractivity contribution is 6.45. The van der Waals surface area contributed by atoms with Crippen molar-refractivity contribution in [3.05, 3.63) is 29.1 Å². The van der Waals surface area contributed by atoms with E-state index in [2.05, 4.69) is 41.4 Å². The summed E-state index contributed by atoms with van der Waals surface area (Å²) in [5, 5.41) is 13.5. The molecule has 7 rings (SSSR count). The minimum atomic E-state index is -0.966. The molecule has 1 N–H and O–H groups in total. The van der Waals surface area contributed by atoms with E-state index in [4.69, 9.17) is 28.3 Å². The fourth-order valence-corrected chi connectivity index (χ4v) is 7.65. The number of hydrogen-bond donors (Lipinski definition) is 1. The average Bonchev–Trinajstić information content (AvgIpc) is 3.58. The van der Waals surface area contributed by atoms with Gasteiger partial charge in [0.25, 0.3) is 0 Å². The van der Waals surface area contributed by atoms with Crippen LogP contribution < -0.4 is 9.47 Å². The van der Waals surface area contributed by atoms with Gasteiger partial charge in [0.15, 0.2) is 11.6 Å². The molecule has 14 nitrogen and oxygen atoms in total. The van der Waals surface area contributed by atoms with Gasteiger partial charge in [-0.1, -0.05) is 25.1 Å². The van der Waals surface area contributed by atoms with E-state index in [1.165, 1.54) is 0 Å². The lowest BCUT2D eigenvalue weighted by Crippen LogP contribution is -2.65. The van der Waals surface area contributed by atoms with Gasteiger partial charge in [0, 0.05) is 0 Å². The Bertz CT molecular complexity index is 1580. The predicted molar refractivity (Wildman–Crippen MR) is 176 cm³/mol. The van der Waals surface area contributed by atoms with Gasteiger partial charge in [-0.25, -0.2) is 9.59 Å². The van der Waals surface area contributed by atoms with Crippen LogP contribution in [0.5, 0.6) is 11.5 Å². The summed E-state index contributed by atoms with van der Waals surface area (Å²) >= 11 is 0. The Labute approximate surface area is 287 Å². The minimum Gasteiger partial charge on any atom is -0.486 e. The number of aryl methyl sites for hydroxylation is 1. The lowest BCUT2D eigenvalue weighted by Gasteiger charge is -2.64. The third-order valence-electron chi connectivity index (χ3n) is 10.2. The molecule has 0 radical (unpaired) electrons. The quantitative estimate of drug-likeness (QED) is 0.223. The van der Waals surface area contributed by atoms with Crippen molar-refractivity contribution in [2.45, 2.75) is 123 Å².